The highest BCUT2D eigenvalue weighted by molar-refractivity contribution is 6.38. The van der Waals surface area contributed by atoms with Crippen molar-refractivity contribution < 1.29 is 41.9 Å². The Morgan fingerprint density at radius 2 is 1.67 bits per heavy atom. The van der Waals surface area contributed by atoms with Crippen LogP contribution in [0.5, 0.6) is 5.75 Å². The third kappa shape index (κ3) is 13.1. The molecular weight excluding hydrogens is 581 g/mol. The Hall–Kier alpha value is -3.35. The van der Waals surface area contributed by atoms with Crippen LogP contribution in [0.15, 0.2) is 18.2 Å². The van der Waals surface area contributed by atoms with Gasteiger partial charge >= 0.3 is 6.36 Å². The SMILES string of the molecule is CCNC(=O)CCC(NC(=O)C(CC(C)(C)C)NC(=O)CCc1ccc(Cl)c(OC(F)(F)F)c1)C(=O)C(=O)NC1CC1. The van der Waals surface area contributed by atoms with Crippen LogP contribution in [0.2, 0.25) is 5.02 Å². The van der Waals surface area contributed by atoms with Crippen LogP contribution in [0.1, 0.15) is 71.8 Å². The van der Waals surface area contributed by atoms with Gasteiger partial charge in [0.2, 0.25) is 23.5 Å². The van der Waals surface area contributed by atoms with Gasteiger partial charge in [0, 0.05) is 25.4 Å². The van der Waals surface area contributed by atoms with Crippen molar-refractivity contribution in [1.29, 1.82) is 0 Å². The molecular formula is C28H38ClF3N4O6. The van der Waals surface area contributed by atoms with Gasteiger partial charge in [0.15, 0.2) is 0 Å². The highest BCUT2D eigenvalue weighted by Gasteiger charge is 2.35. The van der Waals surface area contributed by atoms with Gasteiger partial charge in [-0.1, -0.05) is 38.4 Å². The maximum Gasteiger partial charge on any atom is 0.573 e. The minimum atomic E-state index is -4.94. The first-order valence-corrected chi connectivity index (χ1v) is 14.1. The predicted octanol–water partition coefficient (Wildman–Crippen LogP) is 3.34. The van der Waals surface area contributed by atoms with E-state index in [4.69, 9.17) is 11.6 Å². The number of halogens is 4. The molecule has 0 radical (unpaired) electrons. The topological polar surface area (TPSA) is 143 Å². The van der Waals surface area contributed by atoms with Crippen molar-refractivity contribution >= 4 is 41.0 Å². The smallest absolute Gasteiger partial charge is 0.404 e. The number of ketones is 1. The molecule has 0 aliphatic heterocycles. The van der Waals surface area contributed by atoms with E-state index in [1.807, 2.05) is 20.8 Å². The molecule has 2 atom stereocenters. The van der Waals surface area contributed by atoms with Gasteiger partial charge in [0.05, 0.1) is 11.1 Å². The van der Waals surface area contributed by atoms with Crippen LogP contribution in [0, 0.1) is 5.41 Å². The predicted molar refractivity (Wildman–Crippen MR) is 148 cm³/mol. The molecule has 0 heterocycles. The summed E-state index contributed by atoms with van der Waals surface area (Å²) >= 11 is 5.78. The van der Waals surface area contributed by atoms with Gasteiger partial charge < -0.3 is 26.0 Å². The number of benzene rings is 1. The number of carbonyl (C=O) groups is 5. The molecule has 42 heavy (non-hydrogen) atoms. The van der Waals surface area contributed by atoms with Gasteiger partial charge in [0.1, 0.15) is 11.8 Å². The number of aryl methyl sites for hydroxylation is 1. The van der Waals surface area contributed by atoms with Crippen molar-refractivity contribution in [2.24, 2.45) is 5.41 Å². The summed E-state index contributed by atoms with van der Waals surface area (Å²) in [5, 5.41) is 10.1. The average Bonchev–Trinajstić information content (AvgIpc) is 3.68. The molecule has 1 saturated carbocycles. The van der Waals surface area contributed by atoms with E-state index in [2.05, 4.69) is 26.0 Å². The molecule has 1 aliphatic carbocycles. The van der Waals surface area contributed by atoms with Gasteiger partial charge in [-0.3, -0.25) is 24.0 Å². The van der Waals surface area contributed by atoms with E-state index in [-0.39, 0.29) is 49.1 Å². The quantitative estimate of drug-likeness (QED) is 0.222. The van der Waals surface area contributed by atoms with Crippen molar-refractivity contribution in [3.8, 4) is 5.75 Å². The molecule has 4 amide bonds. The van der Waals surface area contributed by atoms with Crippen molar-refractivity contribution in [3.05, 3.63) is 28.8 Å². The molecule has 10 nitrogen and oxygen atoms in total. The summed E-state index contributed by atoms with van der Waals surface area (Å²) in [6.07, 6.45) is -3.66. The van der Waals surface area contributed by atoms with Crippen LogP contribution < -0.4 is 26.0 Å². The minimum absolute atomic E-state index is 0.0239. The van der Waals surface area contributed by atoms with Crippen LogP contribution in [-0.2, 0) is 30.4 Å². The van der Waals surface area contributed by atoms with Gasteiger partial charge in [0.25, 0.3) is 5.91 Å². The number of carbonyl (C=O) groups excluding carboxylic acids is 5. The summed E-state index contributed by atoms with van der Waals surface area (Å²) in [5.74, 6) is -3.96. The fraction of sp³-hybridized carbons (Fsp3) is 0.607. The lowest BCUT2D eigenvalue weighted by Crippen LogP contribution is -2.55. The van der Waals surface area contributed by atoms with E-state index in [1.54, 1.807) is 6.92 Å². The van der Waals surface area contributed by atoms with E-state index >= 15 is 0 Å². The fourth-order valence-corrected chi connectivity index (χ4v) is 4.15. The molecule has 1 aromatic carbocycles. The number of amides is 4. The van der Waals surface area contributed by atoms with Crippen molar-refractivity contribution in [2.45, 2.75) is 97.1 Å². The first kappa shape index (κ1) is 34.8. The lowest BCUT2D eigenvalue weighted by atomic mass is 9.87. The summed E-state index contributed by atoms with van der Waals surface area (Å²) < 4.78 is 41.8. The highest BCUT2D eigenvalue weighted by atomic mass is 35.5. The second-order valence-corrected chi connectivity index (χ2v) is 11.8. The minimum Gasteiger partial charge on any atom is -0.404 e. The molecule has 0 saturated heterocycles. The molecule has 1 aliphatic rings. The molecule has 0 aromatic heterocycles. The molecule has 2 rings (SSSR count). The van der Waals surface area contributed by atoms with Crippen molar-refractivity contribution in [3.63, 3.8) is 0 Å². The summed E-state index contributed by atoms with van der Waals surface area (Å²) in [4.78, 5) is 63.5. The number of rotatable bonds is 15. The normalized spacial score (nSPS) is 14.8. The van der Waals surface area contributed by atoms with E-state index in [1.165, 1.54) is 12.1 Å². The summed E-state index contributed by atoms with van der Waals surface area (Å²) in [7, 11) is 0. The second kappa shape index (κ2) is 15.2. The molecule has 4 N–H and O–H groups in total. The third-order valence-corrected chi connectivity index (χ3v) is 6.45. The summed E-state index contributed by atoms with van der Waals surface area (Å²) in [6, 6.07) is 1.28. The van der Waals surface area contributed by atoms with Crippen LogP contribution in [0.25, 0.3) is 0 Å². The number of hydrogen-bond acceptors (Lipinski definition) is 6. The molecule has 1 fully saturated rings. The number of ether oxygens (including phenoxy) is 1. The Kier molecular flexibility index (Phi) is 12.6. The zero-order valence-electron chi connectivity index (χ0n) is 24.1. The van der Waals surface area contributed by atoms with Crippen LogP contribution in [0.3, 0.4) is 0 Å². The zero-order chi connectivity index (χ0) is 31.7. The Balaban J connectivity index is 2.11. The van der Waals surface area contributed by atoms with Gasteiger partial charge in [-0.15, -0.1) is 13.2 Å². The second-order valence-electron chi connectivity index (χ2n) is 11.4. The first-order valence-electron chi connectivity index (χ1n) is 13.7. The molecule has 14 heteroatoms. The standard InChI is InChI=1S/C28H38ClF3N4O6/c1-5-33-22(37)13-11-19(24(39)26(41)34-17-8-9-17)36-25(40)20(15-27(2,3)4)35-23(38)12-7-16-6-10-18(29)21(14-16)42-28(30,31)32/h6,10,14,17,19-20H,5,7-9,11-13,15H2,1-4H3,(H,33,37)(H,34,41)(H,35,38)(H,36,40). The van der Waals surface area contributed by atoms with E-state index in [0.717, 1.165) is 18.9 Å². The Morgan fingerprint density at radius 3 is 2.24 bits per heavy atom. The van der Waals surface area contributed by atoms with Gasteiger partial charge in [-0.25, -0.2) is 0 Å². The van der Waals surface area contributed by atoms with Gasteiger partial charge in [-0.2, -0.15) is 0 Å². The molecule has 0 bridgehead atoms. The summed E-state index contributed by atoms with van der Waals surface area (Å²) in [6.45, 7) is 7.63. The highest BCUT2D eigenvalue weighted by Crippen LogP contribution is 2.31. The molecule has 0 spiro atoms. The van der Waals surface area contributed by atoms with Crippen molar-refractivity contribution in [2.75, 3.05) is 6.54 Å². The van der Waals surface area contributed by atoms with Crippen LogP contribution in [-0.4, -0.2) is 60.4 Å². The number of hydrogen-bond donors (Lipinski definition) is 4. The Labute approximate surface area is 247 Å². The lowest BCUT2D eigenvalue weighted by molar-refractivity contribution is -0.274. The molecule has 234 valence electrons. The summed E-state index contributed by atoms with van der Waals surface area (Å²) in [5.41, 5.74) is -0.0950. The fourth-order valence-electron chi connectivity index (χ4n) is 4.00. The Morgan fingerprint density at radius 1 is 1.00 bits per heavy atom. The van der Waals surface area contributed by atoms with Gasteiger partial charge in [-0.05, 0) is 62.1 Å². The Bertz CT molecular complexity index is 1150. The lowest BCUT2D eigenvalue weighted by Gasteiger charge is -2.28. The average molecular weight is 619 g/mol. The largest absolute Gasteiger partial charge is 0.573 e. The van der Waals surface area contributed by atoms with E-state index in [0.29, 0.717) is 12.1 Å². The van der Waals surface area contributed by atoms with Crippen molar-refractivity contribution in [1.82, 2.24) is 21.3 Å². The number of Topliss-reactive ketones (excluding diaryl/α,β-unsaturated/α-hetero) is 1. The molecule has 2 unspecified atom stereocenters. The number of alkyl halides is 3. The van der Waals surface area contributed by atoms with E-state index < -0.39 is 53.1 Å². The number of nitrogens with one attached hydrogen (secondary N) is 4. The van der Waals surface area contributed by atoms with Crippen LogP contribution in [0.4, 0.5) is 13.2 Å². The maximum absolute atomic E-state index is 13.3. The van der Waals surface area contributed by atoms with Crippen LogP contribution >= 0.6 is 11.6 Å². The molecule has 1 aromatic rings. The monoisotopic (exact) mass is 618 g/mol. The zero-order valence-corrected chi connectivity index (χ0v) is 24.8. The first-order chi connectivity index (χ1) is 19.5. The van der Waals surface area contributed by atoms with E-state index in [9.17, 15) is 37.1 Å². The maximum atomic E-state index is 13.3. The third-order valence-electron chi connectivity index (χ3n) is 6.13.